The zero-order chi connectivity index (χ0) is 30.1. The quantitative estimate of drug-likeness (QED) is 0.0755. The van der Waals surface area contributed by atoms with Gasteiger partial charge in [-0.1, -0.05) is 207 Å². The van der Waals surface area contributed by atoms with Crippen molar-refractivity contribution >= 4 is 0 Å². The molecule has 0 aromatic rings. The van der Waals surface area contributed by atoms with Gasteiger partial charge in [0.1, 0.15) is 0 Å². The van der Waals surface area contributed by atoms with Gasteiger partial charge in [-0.3, -0.25) is 0 Å². The summed E-state index contributed by atoms with van der Waals surface area (Å²) in [5.41, 5.74) is 0. The van der Waals surface area contributed by atoms with Crippen molar-refractivity contribution in [2.75, 3.05) is 20.1 Å². The predicted molar refractivity (Wildman–Crippen MR) is 187 cm³/mol. The molecule has 0 heterocycles. The molecule has 0 aliphatic carbocycles. The van der Waals surface area contributed by atoms with Crippen molar-refractivity contribution < 1.29 is 5.11 Å². The zero-order valence-electron chi connectivity index (χ0n) is 29.4. The number of rotatable bonds is 35. The summed E-state index contributed by atoms with van der Waals surface area (Å²) in [6.45, 7) is 8.93. The van der Waals surface area contributed by atoms with E-state index in [1.807, 2.05) is 0 Å². The fraction of sp³-hybridized carbons (Fsp3) is 1.00. The molecule has 0 amide bonds. The van der Waals surface area contributed by atoms with E-state index in [9.17, 15) is 5.11 Å². The third-order valence-electron chi connectivity index (χ3n) is 9.50. The second-order valence-electron chi connectivity index (χ2n) is 13.9. The summed E-state index contributed by atoms with van der Waals surface area (Å²) in [7, 11) is 2.21. The maximum atomic E-state index is 10.6. The average molecular weight is 580 g/mol. The van der Waals surface area contributed by atoms with Gasteiger partial charge in [0, 0.05) is 6.54 Å². The summed E-state index contributed by atoms with van der Waals surface area (Å²) < 4.78 is 0. The Morgan fingerprint density at radius 3 is 1.07 bits per heavy atom. The van der Waals surface area contributed by atoms with Crippen LogP contribution in [0, 0.1) is 5.92 Å². The van der Waals surface area contributed by atoms with Gasteiger partial charge >= 0.3 is 0 Å². The standard InChI is InChI=1S/C39H81NO/c1-5-8-11-14-17-18-19-20-21-22-25-31-36-40(4)37-39(41)35-30-26-29-34-38(32-27-23-15-12-9-6-2)33-28-24-16-13-10-7-3/h38-39,41H,5-37H2,1-4H3. The highest BCUT2D eigenvalue weighted by Crippen LogP contribution is 2.25. The molecule has 1 unspecified atom stereocenters. The Balaban J connectivity index is 3.81. The van der Waals surface area contributed by atoms with Crippen LogP contribution < -0.4 is 0 Å². The molecule has 0 aliphatic heterocycles. The average Bonchev–Trinajstić information content (AvgIpc) is 2.96. The summed E-state index contributed by atoms with van der Waals surface area (Å²) in [4.78, 5) is 2.37. The lowest BCUT2D eigenvalue weighted by Crippen LogP contribution is -2.29. The van der Waals surface area contributed by atoms with E-state index >= 15 is 0 Å². The SMILES string of the molecule is CCCCCCCCCCCCCCN(C)CC(O)CCCCCC(CCCCCCCC)CCCCCCCC. The van der Waals surface area contributed by atoms with Crippen molar-refractivity contribution in [2.24, 2.45) is 5.92 Å². The highest BCUT2D eigenvalue weighted by molar-refractivity contribution is 4.65. The molecule has 248 valence electrons. The van der Waals surface area contributed by atoms with Crippen LogP contribution in [0.3, 0.4) is 0 Å². The first-order chi connectivity index (χ1) is 20.1. The lowest BCUT2D eigenvalue weighted by Gasteiger charge is -2.21. The number of nitrogens with zero attached hydrogens (tertiary/aromatic N) is 1. The lowest BCUT2D eigenvalue weighted by molar-refractivity contribution is 0.114. The number of aliphatic hydroxyl groups excluding tert-OH is 1. The molecule has 0 aliphatic rings. The molecule has 0 saturated heterocycles. The van der Waals surface area contributed by atoms with Crippen molar-refractivity contribution in [2.45, 2.75) is 226 Å². The van der Waals surface area contributed by atoms with E-state index in [2.05, 4.69) is 32.7 Å². The van der Waals surface area contributed by atoms with Gasteiger partial charge in [0.2, 0.25) is 0 Å². The summed E-state index contributed by atoms with van der Waals surface area (Å²) >= 11 is 0. The Morgan fingerprint density at radius 2 is 0.683 bits per heavy atom. The highest BCUT2D eigenvalue weighted by atomic mass is 16.3. The fourth-order valence-corrected chi connectivity index (χ4v) is 6.61. The molecule has 0 fully saturated rings. The van der Waals surface area contributed by atoms with Gasteiger partial charge in [-0.25, -0.2) is 0 Å². The normalized spacial score (nSPS) is 12.7. The predicted octanol–water partition coefficient (Wildman–Crippen LogP) is 13.0. The van der Waals surface area contributed by atoms with Crippen molar-refractivity contribution in [3.63, 3.8) is 0 Å². The van der Waals surface area contributed by atoms with Crippen molar-refractivity contribution in [3.8, 4) is 0 Å². The van der Waals surface area contributed by atoms with E-state index in [0.717, 1.165) is 25.4 Å². The van der Waals surface area contributed by atoms with Gasteiger partial charge in [0.25, 0.3) is 0 Å². The molecule has 41 heavy (non-hydrogen) atoms. The highest BCUT2D eigenvalue weighted by Gasteiger charge is 2.11. The van der Waals surface area contributed by atoms with Crippen LogP contribution in [0.25, 0.3) is 0 Å². The van der Waals surface area contributed by atoms with Gasteiger partial charge in [0.05, 0.1) is 6.10 Å². The third-order valence-corrected chi connectivity index (χ3v) is 9.50. The van der Waals surface area contributed by atoms with E-state index < -0.39 is 0 Å². The topological polar surface area (TPSA) is 23.5 Å². The number of unbranched alkanes of at least 4 members (excludes halogenated alkanes) is 23. The molecule has 0 aromatic heterocycles. The number of hydrogen-bond donors (Lipinski definition) is 1. The minimum absolute atomic E-state index is 0.139. The smallest absolute Gasteiger partial charge is 0.0667 e. The van der Waals surface area contributed by atoms with Crippen LogP contribution in [0.15, 0.2) is 0 Å². The van der Waals surface area contributed by atoms with Crippen LogP contribution >= 0.6 is 0 Å². The maximum absolute atomic E-state index is 10.6. The van der Waals surface area contributed by atoms with Crippen LogP contribution in [-0.4, -0.2) is 36.2 Å². The Hall–Kier alpha value is -0.0800. The Labute approximate surface area is 261 Å². The van der Waals surface area contributed by atoms with E-state index in [4.69, 9.17) is 0 Å². The monoisotopic (exact) mass is 580 g/mol. The first-order valence-corrected chi connectivity index (χ1v) is 19.5. The molecular weight excluding hydrogens is 498 g/mol. The maximum Gasteiger partial charge on any atom is 0.0667 e. The molecule has 0 rings (SSSR count). The summed E-state index contributed by atoms with van der Waals surface area (Å²) in [6, 6.07) is 0. The van der Waals surface area contributed by atoms with Crippen molar-refractivity contribution in [1.82, 2.24) is 4.90 Å². The first-order valence-electron chi connectivity index (χ1n) is 19.5. The van der Waals surface area contributed by atoms with Crippen LogP contribution in [0.4, 0.5) is 0 Å². The second-order valence-corrected chi connectivity index (χ2v) is 13.9. The third kappa shape index (κ3) is 32.7. The van der Waals surface area contributed by atoms with Gasteiger partial charge in [-0.05, 0) is 32.4 Å². The molecule has 2 nitrogen and oxygen atoms in total. The molecule has 2 heteroatoms. The molecule has 0 radical (unpaired) electrons. The second kappa shape index (κ2) is 34.4. The van der Waals surface area contributed by atoms with Crippen molar-refractivity contribution in [1.29, 1.82) is 0 Å². The number of likely N-dealkylation sites (N-methyl/N-ethyl adjacent to an activating group) is 1. The fourth-order valence-electron chi connectivity index (χ4n) is 6.61. The molecule has 1 atom stereocenters. The summed E-state index contributed by atoms with van der Waals surface area (Å²) in [5.74, 6) is 0.957. The van der Waals surface area contributed by atoms with Crippen LogP contribution in [0.2, 0.25) is 0 Å². The zero-order valence-corrected chi connectivity index (χ0v) is 29.4. The first kappa shape index (κ1) is 40.9. The largest absolute Gasteiger partial charge is 0.392 e. The van der Waals surface area contributed by atoms with E-state index in [0.29, 0.717) is 0 Å². The Kier molecular flexibility index (Phi) is 34.3. The van der Waals surface area contributed by atoms with E-state index in [1.165, 1.54) is 193 Å². The van der Waals surface area contributed by atoms with Gasteiger partial charge in [-0.2, -0.15) is 0 Å². The number of aliphatic hydroxyl groups is 1. The van der Waals surface area contributed by atoms with E-state index in [-0.39, 0.29) is 6.10 Å². The lowest BCUT2D eigenvalue weighted by atomic mass is 9.89. The molecule has 0 spiro atoms. The molecule has 1 N–H and O–H groups in total. The summed E-state index contributed by atoms with van der Waals surface area (Å²) in [5, 5.41) is 10.6. The van der Waals surface area contributed by atoms with Gasteiger partial charge in [0.15, 0.2) is 0 Å². The van der Waals surface area contributed by atoms with E-state index in [1.54, 1.807) is 0 Å². The molecular formula is C39H81NO. The Bertz CT molecular complexity index is 450. The number of hydrogen-bond acceptors (Lipinski definition) is 2. The minimum Gasteiger partial charge on any atom is -0.392 e. The Morgan fingerprint density at radius 1 is 0.390 bits per heavy atom. The molecule has 0 saturated carbocycles. The van der Waals surface area contributed by atoms with Crippen LogP contribution in [-0.2, 0) is 0 Å². The minimum atomic E-state index is -0.139. The summed E-state index contributed by atoms with van der Waals surface area (Å²) in [6.07, 6.45) is 43.1. The van der Waals surface area contributed by atoms with Crippen molar-refractivity contribution in [3.05, 3.63) is 0 Å². The molecule has 0 bridgehead atoms. The molecule has 0 aromatic carbocycles. The van der Waals surface area contributed by atoms with Gasteiger partial charge in [-0.15, -0.1) is 0 Å². The van der Waals surface area contributed by atoms with Crippen LogP contribution in [0.1, 0.15) is 220 Å². The van der Waals surface area contributed by atoms with Gasteiger partial charge < -0.3 is 10.0 Å². The van der Waals surface area contributed by atoms with Crippen LogP contribution in [0.5, 0.6) is 0 Å².